The van der Waals surface area contributed by atoms with Crippen molar-refractivity contribution in [2.75, 3.05) is 14.2 Å². The Labute approximate surface area is 137 Å². The molecule has 7 nitrogen and oxygen atoms in total. The largest absolute Gasteiger partial charge is 0.483 e. The van der Waals surface area contributed by atoms with Crippen LogP contribution in [-0.2, 0) is 14.3 Å². The topological polar surface area (TPSA) is 96.7 Å². The molecule has 0 aromatic rings. The third-order valence-corrected chi connectivity index (χ3v) is 3.92. The van der Waals surface area contributed by atoms with E-state index in [-0.39, 0.29) is 24.2 Å². The highest BCUT2D eigenvalue weighted by Gasteiger charge is 2.43. The zero-order valence-electron chi connectivity index (χ0n) is 14.6. The Morgan fingerprint density at radius 3 is 2.57 bits per heavy atom. The molecule has 23 heavy (non-hydrogen) atoms. The summed E-state index contributed by atoms with van der Waals surface area (Å²) in [4.78, 5) is 23.9. The van der Waals surface area contributed by atoms with Crippen LogP contribution >= 0.6 is 0 Å². The van der Waals surface area contributed by atoms with Gasteiger partial charge in [-0.1, -0.05) is 27.2 Å². The van der Waals surface area contributed by atoms with Gasteiger partial charge in [-0.3, -0.25) is 4.79 Å². The quantitative estimate of drug-likeness (QED) is 0.408. The van der Waals surface area contributed by atoms with E-state index >= 15 is 0 Å². The fourth-order valence-electron chi connectivity index (χ4n) is 2.79. The third kappa shape index (κ3) is 4.48. The summed E-state index contributed by atoms with van der Waals surface area (Å²) in [5, 5.41) is 0. The first-order valence-electron chi connectivity index (χ1n) is 7.90. The molecule has 1 heterocycles. The van der Waals surface area contributed by atoms with E-state index in [1.165, 1.54) is 0 Å². The van der Waals surface area contributed by atoms with Gasteiger partial charge in [0.1, 0.15) is 11.6 Å². The SMILES string of the molecule is CCC[C@]1(CCC(=O)C=[N+]=[N-])N=C(OC)[C@@H](C(C)C)N=C1OC. The van der Waals surface area contributed by atoms with Gasteiger partial charge in [-0.25, -0.2) is 9.98 Å². The Hall–Kier alpha value is -2.01. The monoisotopic (exact) mass is 322 g/mol. The van der Waals surface area contributed by atoms with Crippen molar-refractivity contribution in [3.8, 4) is 0 Å². The lowest BCUT2D eigenvalue weighted by Crippen LogP contribution is -2.46. The van der Waals surface area contributed by atoms with E-state index in [9.17, 15) is 4.79 Å². The predicted molar refractivity (Wildman–Crippen MR) is 89.1 cm³/mol. The summed E-state index contributed by atoms with van der Waals surface area (Å²) in [5.74, 6) is 1.06. The predicted octanol–water partition coefficient (Wildman–Crippen LogP) is 2.30. The number of carbonyl (C=O) groups excluding carboxylic acids is 1. The van der Waals surface area contributed by atoms with Crippen molar-refractivity contribution in [1.82, 2.24) is 0 Å². The van der Waals surface area contributed by atoms with E-state index in [0.29, 0.717) is 24.6 Å². The summed E-state index contributed by atoms with van der Waals surface area (Å²) in [6.07, 6.45) is 3.08. The first kappa shape index (κ1) is 19.0. The summed E-state index contributed by atoms with van der Waals surface area (Å²) < 4.78 is 11.0. The second-order valence-electron chi connectivity index (χ2n) is 5.97. The molecule has 7 heteroatoms. The van der Waals surface area contributed by atoms with Gasteiger partial charge in [0, 0.05) is 6.42 Å². The Morgan fingerprint density at radius 2 is 2.09 bits per heavy atom. The van der Waals surface area contributed by atoms with E-state index < -0.39 is 5.54 Å². The maximum Gasteiger partial charge on any atom is 0.323 e. The third-order valence-electron chi connectivity index (χ3n) is 3.92. The molecule has 0 aliphatic carbocycles. The fourth-order valence-corrected chi connectivity index (χ4v) is 2.79. The molecule has 0 amide bonds. The summed E-state index contributed by atoms with van der Waals surface area (Å²) in [5.41, 5.74) is 7.76. The van der Waals surface area contributed by atoms with E-state index in [4.69, 9.17) is 25.0 Å². The molecule has 0 radical (unpaired) electrons. The summed E-state index contributed by atoms with van der Waals surface area (Å²) >= 11 is 0. The van der Waals surface area contributed by atoms with Gasteiger partial charge < -0.3 is 15.0 Å². The molecule has 2 atom stereocenters. The highest BCUT2D eigenvalue weighted by Crippen LogP contribution is 2.32. The summed E-state index contributed by atoms with van der Waals surface area (Å²) in [7, 11) is 3.16. The molecular formula is C16H26N4O3. The number of ether oxygens (including phenoxy) is 2. The number of hydrogen-bond acceptors (Lipinski definition) is 5. The Kier molecular flexibility index (Phi) is 7.10. The lowest BCUT2D eigenvalue weighted by atomic mass is 9.85. The number of methoxy groups -OCH3 is 2. The molecule has 0 fully saturated rings. The summed E-state index contributed by atoms with van der Waals surface area (Å²) in [6.45, 7) is 6.14. The number of ketones is 1. The fraction of sp³-hybridized carbons (Fsp3) is 0.750. The van der Waals surface area contributed by atoms with Gasteiger partial charge in [-0.2, -0.15) is 4.79 Å². The van der Waals surface area contributed by atoms with Crippen LogP contribution in [0.25, 0.3) is 5.53 Å². The van der Waals surface area contributed by atoms with Crippen molar-refractivity contribution in [2.45, 2.75) is 58.0 Å². The molecular weight excluding hydrogens is 296 g/mol. The number of aliphatic imine (C=N–C) groups is 2. The number of hydrogen-bond donors (Lipinski definition) is 0. The van der Waals surface area contributed by atoms with Gasteiger partial charge in [-0.05, 0) is 18.8 Å². The van der Waals surface area contributed by atoms with Crippen LogP contribution in [0.3, 0.4) is 0 Å². The molecule has 0 spiro atoms. The minimum Gasteiger partial charge on any atom is -0.483 e. The van der Waals surface area contributed by atoms with Crippen molar-refractivity contribution in [3.05, 3.63) is 5.53 Å². The van der Waals surface area contributed by atoms with Crippen LogP contribution in [-0.4, -0.2) is 54.4 Å². The number of rotatable bonds is 7. The minimum absolute atomic E-state index is 0.186. The lowest BCUT2D eigenvalue weighted by Gasteiger charge is -2.36. The Bertz CT molecular complexity index is 535. The molecule has 1 rings (SSSR count). The van der Waals surface area contributed by atoms with Crippen LogP contribution in [0, 0.1) is 5.92 Å². The first-order valence-corrected chi connectivity index (χ1v) is 7.90. The molecule has 0 N–H and O–H groups in total. The summed E-state index contributed by atoms with van der Waals surface area (Å²) in [6, 6.07) is -0.186. The van der Waals surface area contributed by atoms with E-state index in [2.05, 4.69) is 4.79 Å². The first-order chi connectivity index (χ1) is 10.9. The normalized spacial score (nSPS) is 23.7. The molecule has 1 aliphatic heterocycles. The standard InChI is InChI=1S/C16H26N4O3/c1-6-8-16(9-7-12(21)10-18-17)15(23-5)19-13(11(2)3)14(20-16)22-4/h10-11,13H,6-9H2,1-5H3/t13-,16-/m1/s1. The van der Waals surface area contributed by atoms with Crippen LogP contribution in [0.4, 0.5) is 0 Å². The molecule has 0 saturated carbocycles. The van der Waals surface area contributed by atoms with E-state index in [1.807, 2.05) is 20.8 Å². The molecule has 0 aromatic heterocycles. The lowest BCUT2D eigenvalue weighted by molar-refractivity contribution is -0.116. The zero-order valence-corrected chi connectivity index (χ0v) is 14.6. The van der Waals surface area contributed by atoms with Gasteiger partial charge >= 0.3 is 6.21 Å². The zero-order chi connectivity index (χ0) is 17.5. The number of carbonyl (C=O) groups is 1. The highest BCUT2D eigenvalue weighted by atomic mass is 16.5. The second kappa shape index (κ2) is 8.58. The Morgan fingerprint density at radius 1 is 1.39 bits per heavy atom. The van der Waals surface area contributed by atoms with Crippen molar-refractivity contribution in [3.63, 3.8) is 0 Å². The van der Waals surface area contributed by atoms with Gasteiger partial charge in [0.15, 0.2) is 0 Å². The molecule has 0 bridgehead atoms. The van der Waals surface area contributed by atoms with E-state index in [1.54, 1.807) is 14.2 Å². The van der Waals surface area contributed by atoms with Crippen LogP contribution in [0.2, 0.25) is 0 Å². The van der Waals surface area contributed by atoms with Gasteiger partial charge in [0.2, 0.25) is 17.6 Å². The molecule has 128 valence electrons. The average Bonchev–Trinajstić information content (AvgIpc) is 2.52. The van der Waals surface area contributed by atoms with Gasteiger partial charge in [0.05, 0.1) is 14.2 Å². The number of nitrogens with zero attached hydrogens (tertiary/aromatic N) is 4. The van der Waals surface area contributed by atoms with Crippen molar-refractivity contribution in [2.24, 2.45) is 15.9 Å². The molecule has 0 aromatic carbocycles. The Balaban J connectivity index is 3.20. The van der Waals surface area contributed by atoms with Gasteiger partial charge in [-0.15, -0.1) is 0 Å². The smallest absolute Gasteiger partial charge is 0.323 e. The minimum atomic E-state index is -0.709. The van der Waals surface area contributed by atoms with Crippen LogP contribution < -0.4 is 0 Å². The van der Waals surface area contributed by atoms with Crippen LogP contribution in [0.5, 0.6) is 0 Å². The van der Waals surface area contributed by atoms with Crippen LogP contribution in [0.1, 0.15) is 46.5 Å². The van der Waals surface area contributed by atoms with Crippen molar-refractivity contribution < 1.29 is 19.1 Å². The highest BCUT2D eigenvalue weighted by molar-refractivity contribution is 6.25. The maximum atomic E-state index is 11.7. The maximum absolute atomic E-state index is 11.7. The molecule has 0 unspecified atom stereocenters. The molecule has 1 aliphatic rings. The average molecular weight is 322 g/mol. The van der Waals surface area contributed by atoms with Crippen LogP contribution in [0.15, 0.2) is 9.98 Å². The second-order valence-corrected chi connectivity index (χ2v) is 5.97. The van der Waals surface area contributed by atoms with Gasteiger partial charge in [0.25, 0.3) is 0 Å². The molecule has 0 saturated heterocycles. The van der Waals surface area contributed by atoms with Crippen molar-refractivity contribution >= 4 is 23.8 Å². The van der Waals surface area contributed by atoms with E-state index in [0.717, 1.165) is 12.6 Å². The van der Waals surface area contributed by atoms with Crippen molar-refractivity contribution in [1.29, 1.82) is 0 Å². The number of Topliss-reactive ketones (excluding diaryl/α,β-unsaturated/α-hetero) is 1.